The Balaban J connectivity index is 1.50. The van der Waals surface area contributed by atoms with E-state index in [4.69, 9.17) is 0 Å². The number of rotatable bonds is 4. The highest BCUT2D eigenvalue weighted by molar-refractivity contribution is 5.78. The van der Waals surface area contributed by atoms with Crippen molar-refractivity contribution in [3.63, 3.8) is 0 Å². The van der Waals surface area contributed by atoms with Gasteiger partial charge in [-0.1, -0.05) is 25.7 Å². The molecule has 4 nitrogen and oxygen atoms in total. The topological polar surface area (TPSA) is 44.4 Å². The van der Waals surface area contributed by atoms with E-state index >= 15 is 0 Å². The molecule has 2 heterocycles. The van der Waals surface area contributed by atoms with Crippen LogP contribution in [0.2, 0.25) is 0 Å². The third-order valence-electron chi connectivity index (χ3n) is 5.54. The average molecular weight is 293 g/mol. The van der Waals surface area contributed by atoms with E-state index in [-0.39, 0.29) is 5.91 Å². The number of amides is 1. The molecule has 2 unspecified atom stereocenters. The Kier molecular flexibility index (Phi) is 5.53. The van der Waals surface area contributed by atoms with Gasteiger partial charge < -0.3 is 10.6 Å². The lowest BCUT2D eigenvalue weighted by atomic mass is 9.94. The molecular formula is C17H31N3O. The van der Waals surface area contributed by atoms with Crippen molar-refractivity contribution in [3.05, 3.63) is 0 Å². The van der Waals surface area contributed by atoms with Gasteiger partial charge in [-0.3, -0.25) is 9.69 Å². The fourth-order valence-electron chi connectivity index (χ4n) is 4.41. The first-order valence-electron chi connectivity index (χ1n) is 9.10. The average Bonchev–Trinajstić information content (AvgIpc) is 3.03. The first kappa shape index (κ1) is 15.3. The molecule has 3 rings (SSSR count). The second kappa shape index (κ2) is 7.59. The van der Waals surface area contributed by atoms with E-state index in [2.05, 4.69) is 15.5 Å². The summed E-state index contributed by atoms with van der Waals surface area (Å²) in [4.78, 5) is 14.8. The number of nitrogens with one attached hydrogen (secondary N) is 2. The molecule has 21 heavy (non-hydrogen) atoms. The first-order valence-corrected chi connectivity index (χ1v) is 9.10. The van der Waals surface area contributed by atoms with E-state index in [1.54, 1.807) is 0 Å². The van der Waals surface area contributed by atoms with Crippen molar-refractivity contribution in [3.8, 4) is 0 Å². The van der Waals surface area contributed by atoms with Crippen LogP contribution in [0.4, 0.5) is 0 Å². The summed E-state index contributed by atoms with van der Waals surface area (Å²) >= 11 is 0. The highest BCUT2D eigenvalue weighted by atomic mass is 16.2. The highest BCUT2D eigenvalue weighted by Gasteiger charge is 2.32. The van der Waals surface area contributed by atoms with E-state index in [0.717, 1.165) is 13.1 Å². The summed E-state index contributed by atoms with van der Waals surface area (Å²) in [6, 6.07) is 1.64. The zero-order valence-corrected chi connectivity index (χ0v) is 13.3. The number of carbonyl (C=O) groups excluding carboxylic acids is 1. The molecule has 0 aromatic carbocycles. The van der Waals surface area contributed by atoms with Gasteiger partial charge in [0.25, 0.3) is 0 Å². The fraction of sp³-hybridized carbons (Fsp3) is 0.941. The monoisotopic (exact) mass is 293 g/mol. The van der Waals surface area contributed by atoms with Crippen LogP contribution in [0.5, 0.6) is 0 Å². The molecule has 0 radical (unpaired) electrons. The van der Waals surface area contributed by atoms with Crippen LogP contribution in [-0.4, -0.2) is 48.6 Å². The van der Waals surface area contributed by atoms with Crippen LogP contribution in [0.15, 0.2) is 0 Å². The van der Waals surface area contributed by atoms with E-state index in [0.29, 0.717) is 24.7 Å². The van der Waals surface area contributed by atoms with E-state index in [1.807, 2.05) is 0 Å². The van der Waals surface area contributed by atoms with Gasteiger partial charge in [-0.2, -0.15) is 0 Å². The molecule has 2 aliphatic heterocycles. The standard InChI is InChI=1S/C17H31N3O/c21-17(19-14-7-2-1-3-8-14)13-20-12-5-4-10-16(20)15-9-6-11-18-15/h14-16,18H,1-13H2,(H,19,21). The van der Waals surface area contributed by atoms with Crippen LogP contribution >= 0.6 is 0 Å². The van der Waals surface area contributed by atoms with Crippen molar-refractivity contribution in [2.45, 2.75) is 82.3 Å². The summed E-state index contributed by atoms with van der Waals surface area (Å²) in [7, 11) is 0. The Morgan fingerprint density at radius 2 is 1.81 bits per heavy atom. The second-order valence-corrected chi connectivity index (χ2v) is 7.14. The van der Waals surface area contributed by atoms with Crippen molar-refractivity contribution in [1.82, 2.24) is 15.5 Å². The van der Waals surface area contributed by atoms with Gasteiger partial charge >= 0.3 is 0 Å². The van der Waals surface area contributed by atoms with Crippen LogP contribution < -0.4 is 10.6 Å². The minimum absolute atomic E-state index is 0.256. The maximum atomic E-state index is 12.4. The maximum absolute atomic E-state index is 12.4. The summed E-state index contributed by atoms with van der Waals surface area (Å²) in [5, 5.41) is 6.91. The zero-order chi connectivity index (χ0) is 14.5. The van der Waals surface area contributed by atoms with E-state index in [9.17, 15) is 4.79 Å². The summed E-state index contributed by atoms with van der Waals surface area (Å²) in [5.41, 5.74) is 0. The minimum atomic E-state index is 0.256. The minimum Gasteiger partial charge on any atom is -0.352 e. The van der Waals surface area contributed by atoms with Gasteiger partial charge in [-0.15, -0.1) is 0 Å². The van der Waals surface area contributed by atoms with E-state index < -0.39 is 0 Å². The van der Waals surface area contributed by atoms with Gasteiger partial charge in [0.15, 0.2) is 0 Å². The van der Waals surface area contributed by atoms with Gasteiger partial charge in [0.1, 0.15) is 0 Å². The molecule has 0 aromatic heterocycles. The van der Waals surface area contributed by atoms with Gasteiger partial charge in [-0.05, 0) is 51.6 Å². The second-order valence-electron chi connectivity index (χ2n) is 7.14. The Hall–Kier alpha value is -0.610. The molecule has 0 aromatic rings. The van der Waals surface area contributed by atoms with Crippen LogP contribution in [0.25, 0.3) is 0 Å². The third kappa shape index (κ3) is 4.19. The van der Waals surface area contributed by atoms with Crippen LogP contribution in [0, 0.1) is 0 Å². The molecule has 3 fully saturated rings. The Morgan fingerprint density at radius 3 is 2.57 bits per heavy atom. The third-order valence-corrected chi connectivity index (χ3v) is 5.54. The lowest BCUT2D eigenvalue weighted by molar-refractivity contribution is -0.124. The largest absolute Gasteiger partial charge is 0.352 e. The highest BCUT2D eigenvalue weighted by Crippen LogP contribution is 2.24. The molecule has 2 atom stereocenters. The number of likely N-dealkylation sites (tertiary alicyclic amines) is 1. The van der Waals surface area contributed by atoms with Gasteiger partial charge in [0, 0.05) is 18.1 Å². The lowest BCUT2D eigenvalue weighted by Crippen LogP contribution is -2.53. The van der Waals surface area contributed by atoms with Crippen molar-refractivity contribution in [2.24, 2.45) is 0 Å². The first-order chi connectivity index (χ1) is 10.3. The van der Waals surface area contributed by atoms with E-state index in [1.165, 1.54) is 64.2 Å². The summed E-state index contributed by atoms with van der Waals surface area (Å²) in [5.74, 6) is 0.256. The molecule has 0 spiro atoms. The Morgan fingerprint density at radius 1 is 1.00 bits per heavy atom. The fourth-order valence-corrected chi connectivity index (χ4v) is 4.41. The molecule has 1 amide bonds. The predicted molar refractivity (Wildman–Crippen MR) is 85.3 cm³/mol. The molecular weight excluding hydrogens is 262 g/mol. The van der Waals surface area contributed by atoms with Gasteiger partial charge in [0.2, 0.25) is 5.91 Å². The Labute approximate surface area is 129 Å². The normalized spacial score (nSPS) is 32.2. The summed E-state index contributed by atoms with van der Waals surface area (Å²) in [6.07, 6.45) is 12.7. The number of hydrogen-bond donors (Lipinski definition) is 2. The molecule has 1 saturated carbocycles. The van der Waals surface area contributed by atoms with Crippen molar-refractivity contribution < 1.29 is 4.79 Å². The molecule has 2 saturated heterocycles. The molecule has 1 aliphatic carbocycles. The van der Waals surface area contributed by atoms with Gasteiger partial charge in [0.05, 0.1) is 6.54 Å². The summed E-state index contributed by atoms with van der Waals surface area (Å²) in [6.45, 7) is 2.86. The number of nitrogens with zero attached hydrogens (tertiary/aromatic N) is 1. The predicted octanol–water partition coefficient (Wildman–Crippen LogP) is 2.04. The van der Waals surface area contributed by atoms with Crippen LogP contribution in [0.1, 0.15) is 64.2 Å². The molecule has 120 valence electrons. The van der Waals surface area contributed by atoms with Crippen molar-refractivity contribution in [1.29, 1.82) is 0 Å². The molecule has 0 bridgehead atoms. The molecule has 4 heteroatoms. The quantitative estimate of drug-likeness (QED) is 0.834. The molecule has 3 aliphatic rings. The Bertz CT molecular complexity index is 335. The number of piperidine rings is 1. The molecule has 2 N–H and O–H groups in total. The van der Waals surface area contributed by atoms with Crippen molar-refractivity contribution >= 4 is 5.91 Å². The zero-order valence-electron chi connectivity index (χ0n) is 13.3. The lowest BCUT2D eigenvalue weighted by Gasteiger charge is -2.39. The van der Waals surface area contributed by atoms with Gasteiger partial charge in [-0.25, -0.2) is 0 Å². The van der Waals surface area contributed by atoms with Crippen LogP contribution in [0.3, 0.4) is 0 Å². The van der Waals surface area contributed by atoms with Crippen molar-refractivity contribution in [2.75, 3.05) is 19.6 Å². The van der Waals surface area contributed by atoms with Crippen LogP contribution in [-0.2, 0) is 4.79 Å². The smallest absolute Gasteiger partial charge is 0.234 e. The SMILES string of the molecule is O=C(CN1CCCCC1C1CCCN1)NC1CCCCC1. The number of carbonyl (C=O) groups is 1. The number of hydrogen-bond acceptors (Lipinski definition) is 3. The summed E-state index contributed by atoms with van der Waals surface area (Å²) < 4.78 is 0. The maximum Gasteiger partial charge on any atom is 0.234 e.